The van der Waals surface area contributed by atoms with E-state index < -0.39 is 0 Å². The molecule has 2 aromatic heterocycles. The van der Waals surface area contributed by atoms with Gasteiger partial charge in [0.05, 0.1) is 0 Å². The molecule has 4 nitrogen and oxygen atoms in total. The number of fused-ring (bicyclic) bond motifs is 5. The van der Waals surface area contributed by atoms with E-state index >= 15 is 0 Å². The average Bonchev–Trinajstić information content (AvgIpc) is 3.67. The van der Waals surface area contributed by atoms with Gasteiger partial charge >= 0.3 is 0 Å². The zero-order valence-electron chi connectivity index (χ0n) is 30.8. The first-order valence-corrected chi connectivity index (χ1v) is 19.2. The van der Waals surface area contributed by atoms with Crippen molar-refractivity contribution in [2.24, 2.45) is 0 Å². The SMILES string of the molecule is c1ccc(-c2cccc3oc4ccc(-c5ccc(-c6nc(-c7ccc(-c8ccc9ccccc9c8)cc7)nc(-c7ccc8ccccc8c7)n6)cc5)cc4c23)cc1. The fourth-order valence-electron chi connectivity index (χ4n) is 7.95. The maximum Gasteiger partial charge on any atom is 0.164 e. The molecule has 0 spiro atoms. The van der Waals surface area contributed by atoms with E-state index in [1.807, 2.05) is 12.1 Å². The molecule has 0 saturated carbocycles. The Morgan fingerprint density at radius 3 is 1.39 bits per heavy atom. The number of nitrogens with zero attached hydrogens (tertiary/aromatic N) is 3. The van der Waals surface area contributed by atoms with E-state index in [0.29, 0.717) is 17.5 Å². The Morgan fingerprint density at radius 1 is 0.281 bits per heavy atom. The molecule has 266 valence electrons. The van der Waals surface area contributed by atoms with Crippen molar-refractivity contribution in [3.05, 3.63) is 200 Å². The molecule has 0 aliphatic rings. The van der Waals surface area contributed by atoms with Crippen molar-refractivity contribution in [3.63, 3.8) is 0 Å². The van der Waals surface area contributed by atoms with Gasteiger partial charge in [0.25, 0.3) is 0 Å². The van der Waals surface area contributed by atoms with Crippen molar-refractivity contribution < 1.29 is 4.42 Å². The standard InChI is InChI=1S/C53H33N3O/c1-2-11-38(12-3-1)46-15-8-16-49-50(46)47-33-44(29-30-48(47)57-49)37-19-25-40(26-20-37)52-54-51(55-53(56-52)45-28-22-35-10-5-7-14-42(35)32-45)39-23-17-36(18-24-39)43-27-21-34-9-4-6-13-41(34)31-43/h1-33H. The van der Waals surface area contributed by atoms with Crippen molar-refractivity contribution in [1.82, 2.24) is 15.0 Å². The van der Waals surface area contributed by atoms with Crippen LogP contribution in [0.1, 0.15) is 0 Å². The molecule has 9 aromatic carbocycles. The number of hydrogen-bond acceptors (Lipinski definition) is 4. The van der Waals surface area contributed by atoms with Crippen LogP contribution >= 0.6 is 0 Å². The molecule has 0 aliphatic heterocycles. The third-order valence-corrected chi connectivity index (χ3v) is 10.9. The summed E-state index contributed by atoms with van der Waals surface area (Å²) >= 11 is 0. The molecule has 11 rings (SSSR count). The highest BCUT2D eigenvalue weighted by atomic mass is 16.3. The summed E-state index contributed by atoms with van der Waals surface area (Å²) in [7, 11) is 0. The quantitative estimate of drug-likeness (QED) is 0.171. The minimum atomic E-state index is 0.622. The lowest BCUT2D eigenvalue weighted by Gasteiger charge is -2.11. The van der Waals surface area contributed by atoms with Crippen molar-refractivity contribution in [2.75, 3.05) is 0 Å². The first kappa shape index (κ1) is 32.7. The predicted octanol–water partition coefficient (Wildman–Crippen LogP) is 14.1. The average molecular weight is 728 g/mol. The predicted molar refractivity (Wildman–Crippen MR) is 235 cm³/mol. The van der Waals surface area contributed by atoms with E-state index in [1.54, 1.807) is 0 Å². The minimum Gasteiger partial charge on any atom is -0.456 e. The third-order valence-electron chi connectivity index (χ3n) is 10.9. The number of aromatic nitrogens is 3. The molecule has 11 aromatic rings. The van der Waals surface area contributed by atoms with Crippen LogP contribution in [-0.4, -0.2) is 15.0 Å². The van der Waals surface area contributed by atoms with Crippen LogP contribution in [0.3, 0.4) is 0 Å². The van der Waals surface area contributed by atoms with Crippen LogP contribution in [0, 0.1) is 0 Å². The zero-order valence-corrected chi connectivity index (χ0v) is 30.8. The van der Waals surface area contributed by atoms with Gasteiger partial charge in [0, 0.05) is 27.5 Å². The first-order chi connectivity index (χ1) is 28.2. The van der Waals surface area contributed by atoms with Crippen molar-refractivity contribution in [2.45, 2.75) is 0 Å². The van der Waals surface area contributed by atoms with E-state index in [2.05, 4.69) is 188 Å². The molecule has 0 amide bonds. The molecule has 0 N–H and O–H groups in total. The largest absolute Gasteiger partial charge is 0.456 e. The van der Waals surface area contributed by atoms with E-state index in [-0.39, 0.29) is 0 Å². The molecular weight excluding hydrogens is 695 g/mol. The molecule has 0 bridgehead atoms. The zero-order chi connectivity index (χ0) is 37.7. The lowest BCUT2D eigenvalue weighted by molar-refractivity contribution is 0.669. The molecule has 0 radical (unpaired) electrons. The van der Waals surface area contributed by atoms with Crippen LogP contribution in [0.15, 0.2) is 205 Å². The molecule has 57 heavy (non-hydrogen) atoms. The van der Waals surface area contributed by atoms with Gasteiger partial charge in [0.2, 0.25) is 0 Å². The lowest BCUT2D eigenvalue weighted by Crippen LogP contribution is -2.00. The maximum absolute atomic E-state index is 6.32. The van der Waals surface area contributed by atoms with Crippen LogP contribution in [0.5, 0.6) is 0 Å². The third kappa shape index (κ3) is 6.01. The maximum atomic E-state index is 6.32. The van der Waals surface area contributed by atoms with Crippen LogP contribution < -0.4 is 0 Å². The summed E-state index contributed by atoms with van der Waals surface area (Å²) in [5.41, 5.74) is 11.4. The van der Waals surface area contributed by atoms with Crippen LogP contribution in [0.4, 0.5) is 0 Å². The number of furan rings is 1. The monoisotopic (exact) mass is 727 g/mol. The van der Waals surface area contributed by atoms with Crippen LogP contribution in [0.25, 0.3) is 111 Å². The van der Waals surface area contributed by atoms with Crippen LogP contribution in [-0.2, 0) is 0 Å². The van der Waals surface area contributed by atoms with Crippen molar-refractivity contribution >= 4 is 43.5 Å². The van der Waals surface area contributed by atoms with E-state index in [4.69, 9.17) is 19.4 Å². The second-order valence-electron chi connectivity index (χ2n) is 14.4. The Morgan fingerprint density at radius 2 is 0.754 bits per heavy atom. The summed E-state index contributed by atoms with van der Waals surface area (Å²) < 4.78 is 6.32. The summed E-state index contributed by atoms with van der Waals surface area (Å²) in [6.45, 7) is 0. The summed E-state index contributed by atoms with van der Waals surface area (Å²) in [6.07, 6.45) is 0. The summed E-state index contributed by atoms with van der Waals surface area (Å²) in [5.74, 6) is 1.89. The van der Waals surface area contributed by atoms with E-state index in [9.17, 15) is 0 Å². The molecule has 0 aliphatic carbocycles. The van der Waals surface area contributed by atoms with Gasteiger partial charge in [-0.3, -0.25) is 0 Å². The van der Waals surface area contributed by atoms with Gasteiger partial charge in [-0.1, -0.05) is 170 Å². The molecule has 2 heterocycles. The van der Waals surface area contributed by atoms with Gasteiger partial charge in [-0.05, 0) is 85.3 Å². The van der Waals surface area contributed by atoms with Gasteiger partial charge in [-0.2, -0.15) is 0 Å². The first-order valence-electron chi connectivity index (χ1n) is 19.2. The summed E-state index contributed by atoms with van der Waals surface area (Å²) in [4.78, 5) is 15.2. The van der Waals surface area contributed by atoms with Gasteiger partial charge in [-0.25, -0.2) is 15.0 Å². The molecular formula is C53H33N3O. The highest BCUT2D eigenvalue weighted by molar-refractivity contribution is 6.13. The second kappa shape index (κ2) is 13.6. The van der Waals surface area contributed by atoms with E-state index in [0.717, 1.165) is 66.3 Å². The fourth-order valence-corrected chi connectivity index (χ4v) is 7.95. The molecule has 0 saturated heterocycles. The Kier molecular flexibility index (Phi) is 7.78. The van der Waals surface area contributed by atoms with Gasteiger partial charge < -0.3 is 4.42 Å². The summed E-state index contributed by atoms with van der Waals surface area (Å²) in [6, 6.07) is 70.0. The Hall–Kier alpha value is -7.69. The van der Waals surface area contributed by atoms with Crippen molar-refractivity contribution in [3.8, 4) is 67.5 Å². The topological polar surface area (TPSA) is 51.8 Å². The van der Waals surface area contributed by atoms with Gasteiger partial charge in [-0.15, -0.1) is 0 Å². The van der Waals surface area contributed by atoms with E-state index in [1.165, 1.54) is 27.3 Å². The number of rotatable bonds is 6. The van der Waals surface area contributed by atoms with Crippen LogP contribution in [0.2, 0.25) is 0 Å². The number of hydrogen-bond donors (Lipinski definition) is 0. The van der Waals surface area contributed by atoms with Crippen molar-refractivity contribution in [1.29, 1.82) is 0 Å². The van der Waals surface area contributed by atoms with Gasteiger partial charge in [0.1, 0.15) is 11.2 Å². The summed E-state index contributed by atoms with van der Waals surface area (Å²) in [5, 5.41) is 6.99. The van der Waals surface area contributed by atoms with Gasteiger partial charge in [0.15, 0.2) is 17.5 Å². The molecule has 0 unspecified atom stereocenters. The molecule has 0 atom stereocenters. The second-order valence-corrected chi connectivity index (χ2v) is 14.4. The highest BCUT2D eigenvalue weighted by Crippen LogP contribution is 2.39. The number of benzene rings is 9. The minimum absolute atomic E-state index is 0.622. The smallest absolute Gasteiger partial charge is 0.164 e. The lowest BCUT2D eigenvalue weighted by atomic mass is 9.97. The Bertz CT molecular complexity index is 3280. The Balaban J connectivity index is 0.979. The Labute approximate surface area is 329 Å². The normalized spacial score (nSPS) is 11.5. The molecule has 0 fully saturated rings. The highest BCUT2D eigenvalue weighted by Gasteiger charge is 2.16. The fraction of sp³-hybridized carbons (Fsp3) is 0. The molecule has 4 heteroatoms.